The van der Waals surface area contributed by atoms with Crippen LogP contribution in [0.2, 0.25) is 0 Å². The zero-order valence-corrected chi connectivity index (χ0v) is 19.6. The zero-order chi connectivity index (χ0) is 22.4. The first-order valence-corrected chi connectivity index (χ1v) is 11.5. The van der Waals surface area contributed by atoms with Gasteiger partial charge in [0.2, 0.25) is 5.91 Å². The van der Waals surface area contributed by atoms with E-state index in [-0.39, 0.29) is 23.8 Å². The summed E-state index contributed by atoms with van der Waals surface area (Å²) in [6.45, 7) is 10.8. The summed E-state index contributed by atoms with van der Waals surface area (Å²) in [5.41, 5.74) is 3.50. The first-order valence-electron chi connectivity index (χ1n) is 10.5. The van der Waals surface area contributed by atoms with Gasteiger partial charge in [0.05, 0.1) is 11.8 Å². The number of nitrogens with one attached hydrogen (secondary N) is 1. The first-order chi connectivity index (χ1) is 14.9. The van der Waals surface area contributed by atoms with Crippen LogP contribution in [-0.4, -0.2) is 26.4 Å². The van der Waals surface area contributed by atoms with Gasteiger partial charge in [-0.1, -0.05) is 48.2 Å². The molecule has 1 aromatic heterocycles. The van der Waals surface area contributed by atoms with E-state index in [4.69, 9.17) is 4.74 Å². The van der Waals surface area contributed by atoms with E-state index in [2.05, 4.69) is 35.4 Å². The second-order valence-electron chi connectivity index (χ2n) is 7.58. The number of ether oxygens (including phenoxy) is 1. The lowest BCUT2D eigenvalue weighted by Gasteiger charge is -2.16. The van der Waals surface area contributed by atoms with Crippen LogP contribution in [0.5, 0.6) is 5.75 Å². The highest BCUT2D eigenvalue weighted by molar-refractivity contribution is 7.99. The molecule has 0 radical (unpaired) electrons. The van der Waals surface area contributed by atoms with Crippen molar-refractivity contribution in [3.05, 3.63) is 71.0 Å². The molecule has 31 heavy (non-hydrogen) atoms. The van der Waals surface area contributed by atoms with Gasteiger partial charge in [-0.25, -0.2) is 0 Å². The molecule has 2 aromatic carbocycles. The molecule has 0 bridgehead atoms. The Morgan fingerprint density at radius 2 is 1.84 bits per heavy atom. The highest BCUT2D eigenvalue weighted by Crippen LogP contribution is 2.26. The third-order valence-corrected chi connectivity index (χ3v) is 6.19. The smallest absolute Gasteiger partial charge is 0.230 e. The Morgan fingerprint density at radius 1 is 1.10 bits per heavy atom. The maximum Gasteiger partial charge on any atom is 0.230 e. The average molecular weight is 439 g/mol. The van der Waals surface area contributed by atoms with Crippen molar-refractivity contribution < 1.29 is 9.53 Å². The van der Waals surface area contributed by atoms with Crippen LogP contribution in [0.4, 0.5) is 0 Å². The lowest BCUT2D eigenvalue weighted by molar-refractivity contribution is -0.119. The van der Waals surface area contributed by atoms with E-state index in [1.807, 2.05) is 67.8 Å². The number of amides is 1. The average Bonchev–Trinajstić information content (AvgIpc) is 3.18. The van der Waals surface area contributed by atoms with E-state index in [0.717, 1.165) is 22.3 Å². The van der Waals surface area contributed by atoms with Crippen LogP contribution in [0.1, 0.15) is 55.4 Å². The fraction of sp³-hybridized carbons (Fsp3) is 0.375. The van der Waals surface area contributed by atoms with E-state index in [1.54, 1.807) is 0 Å². The lowest BCUT2D eigenvalue weighted by Crippen LogP contribution is -2.28. The molecule has 0 aliphatic rings. The summed E-state index contributed by atoms with van der Waals surface area (Å²) in [4.78, 5) is 12.4. The van der Waals surface area contributed by atoms with E-state index in [9.17, 15) is 4.79 Å². The van der Waals surface area contributed by atoms with Crippen molar-refractivity contribution in [3.8, 4) is 5.75 Å². The molecule has 2 unspecified atom stereocenters. The zero-order valence-electron chi connectivity index (χ0n) is 18.8. The second-order valence-corrected chi connectivity index (χ2v) is 8.52. The van der Waals surface area contributed by atoms with Crippen LogP contribution in [0, 0.1) is 13.8 Å². The maximum atomic E-state index is 12.4. The van der Waals surface area contributed by atoms with Gasteiger partial charge in [-0.3, -0.25) is 4.79 Å². The lowest BCUT2D eigenvalue weighted by atomic mass is 10.1. The Balaban J connectivity index is 1.61. The Labute approximate surface area is 188 Å². The van der Waals surface area contributed by atoms with E-state index < -0.39 is 0 Å². The number of aromatic nitrogens is 3. The van der Waals surface area contributed by atoms with Gasteiger partial charge >= 0.3 is 0 Å². The van der Waals surface area contributed by atoms with Crippen molar-refractivity contribution >= 4 is 17.7 Å². The predicted molar refractivity (Wildman–Crippen MR) is 124 cm³/mol. The molecule has 0 saturated carbocycles. The Morgan fingerprint density at radius 3 is 2.52 bits per heavy atom. The summed E-state index contributed by atoms with van der Waals surface area (Å²) in [5.74, 6) is 1.81. The molecule has 3 rings (SSSR count). The SMILES string of the molecule is CCn1c(SCC(=O)NC(C)c2ccccc2)nnc1C(C)Oc1ccc(C)c(C)c1. The van der Waals surface area contributed by atoms with Crippen molar-refractivity contribution in [1.82, 2.24) is 20.1 Å². The molecule has 0 saturated heterocycles. The summed E-state index contributed by atoms with van der Waals surface area (Å²) < 4.78 is 8.11. The predicted octanol–water partition coefficient (Wildman–Crippen LogP) is 5.02. The fourth-order valence-corrected chi connectivity index (χ4v) is 4.11. The minimum absolute atomic E-state index is 0.0343. The van der Waals surface area contributed by atoms with Gasteiger partial charge in [0.1, 0.15) is 5.75 Å². The van der Waals surface area contributed by atoms with E-state index in [1.165, 1.54) is 22.9 Å². The number of benzene rings is 2. The van der Waals surface area contributed by atoms with Crippen molar-refractivity contribution in [2.45, 2.75) is 58.5 Å². The van der Waals surface area contributed by atoms with Gasteiger partial charge in [0, 0.05) is 6.54 Å². The quantitative estimate of drug-likeness (QED) is 0.475. The van der Waals surface area contributed by atoms with Gasteiger partial charge in [0.15, 0.2) is 17.1 Å². The number of hydrogen-bond donors (Lipinski definition) is 1. The number of nitrogens with zero attached hydrogens (tertiary/aromatic N) is 3. The second kappa shape index (κ2) is 10.5. The molecule has 164 valence electrons. The maximum absolute atomic E-state index is 12.4. The van der Waals surface area contributed by atoms with Crippen molar-refractivity contribution in [1.29, 1.82) is 0 Å². The van der Waals surface area contributed by atoms with Crippen LogP contribution in [0.3, 0.4) is 0 Å². The highest BCUT2D eigenvalue weighted by Gasteiger charge is 2.20. The molecule has 0 fully saturated rings. The molecule has 7 heteroatoms. The normalized spacial score (nSPS) is 12.9. The van der Waals surface area contributed by atoms with Gasteiger partial charge in [-0.2, -0.15) is 0 Å². The van der Waals surface area contributed by atoms with Crippen LogP contribution in [0.25, 0.3) is 0 Å². The molecule has 1 amide bonds. The minimum Gasteiger partial charge on any atom is -0.483 e. The molecule has 1 N–H and O–H groups in total. The van der Waals surface area contributed by atoms with E-state index >= 15 is 0 Å². The standard InChI is InChI=1S/C24H30N4O2S/c1-6-28-23(19(5)30-21-13-12-16(2)17(3)14-21)26-27-24(28)31-15-22(29)25-18(4)20-10-8-7-9-11-20/h7-14,18-19H,6,15H2,1-5H3,(H,25,29). The van der Waals surface area contributed by atoms with Gasteiger partial charge < -0.3 is 14.6 Å². The van der Waals surface area contributed by atoms with E-state index in [0.29, 0.717) is 6.54 Å². The third-order valence-electron chi connectivity index (χ3n) is 5.23. The summed E-state index contributed by atoms with van der Waals surface area (Å²) in [5, 5.41) is 12.4. The molecule has 3 aromatic rings. The molecule has 6 nitrogen and oxygen atoms in total. The summed E-state index contributed by atoms with van der Waals surface area (Å²) in [6.07, 6.45) is -0.254. The molecule has 0 aliphatic carbocycles. The monoisotopic (exact) mass is 438 g/mol. The van der Waals surface area contributed by atoms with Crippen LogP contribution >= 0.6 is 11.8 Å². The number of hydrogen-bond acceptors (Lipinski definition) is 5. The van der Waals surface area contributed by atoms with Gasteiger partial charge in [-0.15, -0.1) is 10.2 Å². The molecule has 2 atom stereocenters. The van der Waals surface area contributed by atoms with Crippen LogP contribution in [-0.2, 0) is 11.3 Å². The summed E-state index contributed by atoms with van der Waals surface area (Å²) in [7, 11) is 0. The highest BCUT2D eigenvalue weighted by atomic mass is 32.2. The number of carbonyl (C=O) groups is 1. The molecular formula is C24H30N4O2S. The number of thioether (sulfide) groups is 1. The van der Waals surface area contributed by atoms with Crippen LogP contribution < -0.4 is 10.1 Å². The Hall–Kier alpha value is -2.80. The number of aryl methyl sites for hydroxylation is 2. The first kappa shape index (κ1) is 22.9. The summed E-state index contributed by atoms with van der Waals surface area (Å²) >= 11 is 1.39. The number of carbonyl (C=O) groups excluding carboxylic acids is 1. The topological polar surface area (TPSA) is 69.0 Å². The summed E-state index contributed by atoms with van der Waals surface area (Å²) in [6, 6.07) is 15.9. The van der Waals surface area contributed by atoms with Crippen molar-refractivity contribution in [2.75, 3.05) is 5.75 Å². The van der Waals surface area contributed by atoms with Crippen molar-refractivity contribution in [2.24, 2.45) is 0 Å². The molecule has 0 aliphatic heterocycles. The number of rotatable bonds is 9. The molecule has 1 heterocycles. The Kier molecular flexibility index (Phi) is 7.74. The fourth-order valence-electron chi connectivity index (χ4n) is 3.29. The Bertz CT molecular complexity index is 1020. The largest absolute Gasteiger partial charge is 0.483 e. The van der Waals surface area contributed by atoms with Gasteiger partial charge in [0.25, 0.3) is 0 Å². The molecular weight excluding hydrogens is 408 g/mol. The molecule has 0 spiro atoms. The third kappa shape index (κ3) is 5.88. The van der Waals surface area contributed by atoms with Crippen LogP contribution in [0.15, 0.2) is 53.7 Å². The van der Waals surface area contributed by atoms with Gasteiger partial charge in [-0.05, 0) is 63.4 Å². The van der Waals surface area contributed by atoms with Crippen molar-refractivity contribution in [3.63, 3.8) is 0 Å². The minimum atomic E-state index is -0.254.